The summed E-state index contributed by atoms with van der Waals surface area (Å²) in [6.45, 7) is 0. The van der Waals surface area contributed by atoms with E-state index >= 15 is 0 Å². The highest BCUT2D eigenvalue weighted by atomic mass is 35.5. The third kappa shape index (κ3) is 2.93. The molecule has 0 saturated heterocycles. The van der Waals surface area contributed by atoms with Gasteiger partial charge in [0.15, 0.2) is 0 Å². The number of rotatable bonds is 2. The maximum Gasteiger partial charge on any atom is 0.258 e. The highest BCUT2D eigenvalue weighted by Crippen LogP contribution is 2.18. The minimum absolute atomic E-state index is 0.107. The van der Waals surface area contributed by atoms with E-state index in [2.05, 4.69) is 15.3 Å². The molecule has 1 N–H and O–H groups in total. The van der Waals surface area contributed by atoms with Gasteiger partial charge in [-0.2, -0.15) is 0 Å². The van der Waals surface area contributed by atoms with Crippen molar-refractivity contribution < 1.29 is 4.79 Å². The third-order valence-electron chi connectivity index (χ3n) is 1.97. The first-order valence-corrected chi connectivity index (χ1v) is 5.45. The zero-order valence-electron chi connectivity index (χ0n) is 8.52. The molecule has 0 aliphatic carbocycles. The summed E-state index contributed by atoms with van der Waals surface area (Å²) in [6.07, 6.45) is 4.53. The van der Waals surface area contributed by atoms with E-state index in [4.69, 9.17) is 23.2 Å². The average molecular weight is 268 g/mol. The molecule has 0 bridgehead atoms. The molecule has 1 amide bonds. The van der Waals surface area contributed by atoms with Gasteiger partial charge in [0.25, 0.3) is 5.91 Å². The third-order valence-corrected chi connectivity index (χ3v) is 2.48. The summed E-state index contributed by atoms with van der Waals surface area (Å²) in [5, 5.41) is 3.10. The van der Waals surface area contributed by atoms with E-state index in [1.165, 1.54) is 18.5 Å². The van der Waals surface area contributed by atoms with Crippen LogP contribution >= 0.6 is 23.2 Å². The molecule has 0 aliphatic heterocycles. The van der Waals surface area contributed by atoms with Crippen molar-refractivity contribution in [2.75, 3.05) is 5.32 Å². The highest BCUT2D eigenvalue weighted by Gasteiger charge is 2.12. The Hall–Kier alpha value is -1.65. The molecule has 0 aromatic carbocycles. The zero-order valence-corrected chi connectivity index (χ0v) is 10.0. The molecule has 0 atom stereocenters. The van der Waals surface area contributed by atoms with Crippen LogP contribution in [-0.2, 0) is 0 Å². The van der Waals surface area contributed by atoms with Gasteiger partial charge in [0.2, 0.25) is 0 Å². The Bertz CT molecular complexity index is 546. The van der Waals surface area contributed by atoms with Crippen molar-refractivity contribution in [3.8, 4) is 0 Å². The van der Waals surface area contributed by atoms with Gasteiger partial charge in [0.05, 0.1) is 22.5 Å². The summed E-state index contributed by atoms with van der Waals surface area (Å²) in [5.74, 6) is -0.377. The smallest absolute Gasteiger partial charge is 0.258 e. The molecule has 6 heteroatoms. The van der Waals surface area contributed by atoms with Gasteiger partial charge in [-0.3, -0.25) is 9.78 Å². The second-order valence-electron chi connectivity index (χ2n) is 3.19. The molecule has 2 aromatic rings. The minimum Gasteiger partial charge on any atom is -0.320 e. The summed E-state index contributed by atoms with van der Waals surface area (Å²) < 4.78 is 0. The van der Waals surface area contributed by atoms with Crippen LogP contribution in [0.1, 0.15) is 10.4 Å². The molecular weight excluding hydrogens is 261 g/mol. The summed E-state index contributed by atoms with van der Waals surface area (Å²) in [6, 6.07) is 4.90. The fourth-order valence-corrected chi connectivity index (χ4v) is 1.56. The van der Waals surface area contributed by atoms with Crippen LogP contribution in [0.5, 0.6) is 0 Å². The molecule has 4 nitrogen and oxygen atoms in total. The SMILES string of the molecule is O=C(Nc1cccnc1)c1cc(Cl)cnc1Cl. The number of pyridine rings is 2. The van der Waals surface area contributed by atoms with Crippen LogP contribution in [0.3, 0.4) is 0 Å². The van der Waals surface area contributed by atoms with E-state index in [1.807, 2.05) is 0 Å². The number of anilines is 1. The van der Waals surface area contributed by atoms with Crippen molar-refractivity contribution >= 4 is 34.8 Å². The number of nitrogens with zero attached hydrogens (tertiary/aromatic N) is 2. The molecule has 86 valence electrons. The number of halogens is 2. The maximum atomic E-state index is 11.9. The van der Waals surface area contributed by atoms with Gasteiger partial charge in [0.1, 0.15) is 5.15 Å². The molecule has 0 aliphatic rings. The first kappa shape index (κ1) is 11.8. The van der Waals surface area contributed by atoms with E-state index in [0.29, 0.717) is 10.7 Å². The van der Waals surface area contributed by atoms with Crippen LogP contribution in [0, 0.1) is 0 Å². The van der Waals surface area contributed by atoms with Crippen LogP contribution < -0.4 is 5.32 Å². The summed E-state index contributed by atoms with van der Waals surface area (Å²) in [4.78, 5) is 19.5. The van der Waals surface area contributed by atoms with Gasteiger partial charge in [-0.15, -0.1) is 0 Å². The molecule has 17 heavy (non-hydrogen) atoms. The Morgan fingerprint density at radius 1 is 1.29 bits per heavy atom. The maximum absolute atomic E-state index is 11.9. The van der Waals surface area contributed by atoms with Gasteiger partial charge in [0, 0.05) is 12.4 Å². The molecule has 2 rings (SSSR count). The van der Waals surface area contributed by atoms with Gasteiger partial charge in [-0.05, 0) is 18.2 Å². The molecule has 0 radical (unpaired) electrons. The quantitative estimate of drug-likeness (QED) is 0.851. The number of hydrogen-bond donors (Lipinski definition) is 1. The van der Waals surface area contributed by atoms with Gasteiger partial charge in [-0.1, -0.05) is 23.2 Å². The fraction of sp³-hybridized carbons (Fsp3) is 0. The zero-order chi connectivity index (χ0) is 12.3. The van der Waals surface area contributed by atoms with E-state index in [-0.39, 0.29) is 16.6 Å². The van der Waals surface area contributed by atoms with Crippen LogP contribution in [0.15, 0.2) is 36.8 Å². The van der Waals surface area contributed by atoms with Crippen molar-refractivity contribution in [1.82, 2.24) is 9.97 Å². The van der Waals surface area contributed by atoms with Crippen molar-refractivity contribution in [2.45, 2.75) is 0 Å². The molecular formula is C11H7Cl2N3O. The topological polar surface area (TPSA) is 54.9 Å². The number of hydrogen-bond acceptors (Lipinski definition) is 3. The number of carbonyl (C=O) groups is 1. The summed E-state index contributed by atoms with van der Waals surface area (Å²) in [5.41, 5.74) is 0.802. The van der Waals surface area contributed by atoms with E-state index in [1.54, 1.807) is 18.3 Å². The summed E-state index contributed by atoms with van der Waals surface area (Å²) >= 11 is 11.6. The second kappa shape index (κ2) is 5.12. The van der Waals surface area contributed by atoms with Crippen molar-refractivity contribution in [3.05, 3.63) is 52.5 Å². The lowest BCUT2D eigenvalue weighted by molar-refractivity contribution is 0.102. The van der Waals surface area contributed by atoms with Crippen LogP contribution in [0.25, 0.3) is 0 Å². The number of aromatic nitrogens is 2. The van der Waals surface area contributed by atoms with Gasteiger partial charge < -0.3 is 5.32 Å². The highest BCUT2D eigenvalue weighted by molar-refractivity contribution is 6.35. The lowest BCUT2D eigenvalue weighted by atomic mass is 10.2. The van der Waals surface area contributed by atoms with Gasteiger partial charge in [-0.25, -0.2) is 4.98 Å². The Morgan fingerprint density at radius 2 is 2.12 bits per heavy atom. The average Bonchev–Trinajstić information content (AvgIpc) is 2.33. The molecule has 0 saturated carbocycles. The van der Waals surface area contributed by atoms with Crippen LogP contribution in [0.2, 0.25) is 10.2 Å². The van der Waals surface area contributed by atoms with E-state index < -0.39 is 0 Å². The fourth-order valence-electron chi connectivity index (χ4n) is 1.22. The Kier molecular flexibility index (Phi) is 3.56. The van der Waals surface area contributed by atoms with Crippen molar-refractivity contribution in [1.29, 1.82) is 0 Å². The van der Waals surface area contributed by atoms with Crippen molar-refractivity contribution in [3.63, 3.8) is 0 Å². The number of nitrogens with one attached hydrogen (secondary N) is 1. The Labute approximate surface area is 108 Å². The van der Waals surface area contributed by atoms with E-state index in [0.717, 1.165) is 0 Å². The van der Waals surface area contributed by atoms with Crippen LogP contribution in [0.4, 0.5) is 5.69 Å². The lowest BCUT2D eigenvalue weighted by Gasteiger charge is -2.05. The standard InChI is InChI=1S/C11H7Cl2N3O/c12-7-4-9(10(13)15-5-7)11(17)16-8-2-1-3-14-6-8/h1-6H,(H,16,17). The molecule has 0 fully saturated rings. The second-order valence-corrected chi connectivity index (χ2v) is 3.98. The first-order valence-electron chi connectivity index (χ1n) is 4.69. The molecule has 2 aromatic heterocycles. The lowest BCUT2D eigenvalue weighted by Crippen LogP contribution is -2.13. The predicted molar refractivity (Wildman–Crippen MR) is 66.4 cm³/mol. The predicted octanol–water partition coefficient (Wildman–Crippen LogP) is 3.04. The van der Waals surface area contributed by atoms with E-state index in [9.17, 15) is 4.79 Å². The first-order chi connectivity index (χ1) is 8.16. The normalized spacial score (nSPS) is 10.0. The molecule has 2 heterocycles. The number of amides is 1. The van der Waals surface area contributed by atoms with Crippen LogP contribution in [-0.4, -0.2) is 15.9 Å². The Balaban J connectivity index is 2.23. The monoisotopic (exact) mass is 267 g/mol. The van der Waals surface area contributed by atoms with Crippen molar-refractivity contribution in [2.24, 2.45) is 0 Å². The van der Waals surface area contributed by atoms with Gasteiger partial charge >= 0.3 is 0 Å². The largest absolute Gasteiger partial charge is 0.320 e. The Morgan fingerprint density at radius 3 is 2.82 bits per heavy atom. The number of carbonyl (C=O) groups excluding carboxylic acids is 1. The molecule has 0 unspecified atom stereocenters. The minimum atomic E-state index is -0.377. The summed E-state index contributed by atoms with van der Waals surface area (Å²) in [7, 11) is 0. The molecule has 0 spiro atoms.